The van der Waals surface area contributed by atoms with Gasteiger partial charge in [-0.3, -0.25) is 14.4 Å². The number of aromatic hydroxyl groups is 1. The second-order valence-electron chi connectivity index (χ2n) is 8.65. The summed E-state index contributed by atoms with van der Waals surface area (Å²) in [6.45, 7) is 0. The molecule has 0 aromatic heterocycles. The Morgan fingerprint density at radius 1 is 0.842 bits per heavy atom. The highest BCUT2D eigenvalue weighted by atomic mass is 32.2. The lowest BCUT2D eigenvalue weighted by Crippen LogP contribution is -2.58. The van der Waals surface area contributed by atoms with Gasteiger partial charge in [-0.15, -0.1) is 0 Å². The SMILES string of the molecule is CSCCC(NC(=O)C(Cc1ccc(O)cc1)NC(=O)C(Cc1ccccc1)NC(=O)C(N)CS)C(=O)O. The first-order chi connectivity index (χ1) is 18.1. The zero-order chi connectivity index (χ0) is 28.1. The van der Waals surface area contributed by atoms with E-state index in [0.717, 1.165) is 5.56 Å². The van der Waals surface area contributed by atoms with Crippen LogP contribution in [0.3, 0.4) is 0 Å². The van der Waals surface area contributed by atoms with Crippen LogP contribution in [0.15, 0.2) is 54.6 Å². The number of carbonyl (C=O) groups excluding carboxylic acids is 3. The number of thioether (sulfide) groups is 1. The van der Waals surface area contributed by atoms with Gasteiger partial charge in [-0.05, 0) is 41.7 Å². The number of amides is 3. The highest BCUT2D eigenvalue weighted by Gasteiger charge is 2.30. The molecular formula is C26H34N4O6S2. The van der Waals surface area contributed by atoms with E-state index in [9.17, 15) is 29.4 Å². The van der Waals surface area contributed by atoms with Gasteiger partial charge in [-0.2, -0.15) is 24.4 Å². The quantitative estimate of drug-likeness (QED) is 0.156. The summed E-state index contributed by atoms with van der Waals surface area (Å²) in [6.07, 6.45) is 2.19. The highest BCUT2D eigenvalue weighted by molar-refractivity contribution is 7.98. The fourth-order valence-electron chi connectivity index (χ4n) is 3.54. The summed E-state index contributed by atoms with van der Waals surface area (Å²) in [4.78, 5) is 50.9. The molecule has 2 aromatic rings. The van der Waals surface area contributed by atoms with Crippen LogP contribution in [-0.2, 0) is 32.0 Å². The van der Waals surface area contributed by atoms with E-state index in [-0.39, 0.29) is 30.8 Å². The minimum Gasteiger partial charge on any atom is -0.508 e. The molecule has 0 bridgehead atoms. The number of aliphatic carboxylic acids is 1. The Bertz CT molecular complexity index is 1070. The fourth-order valence-corrected chi connectivity index (χ4v) is 4.17. The molecule has 4 unspecified atom stereocenters. The third-order valence-electron chi connectivity index (χ3n) is 5.68. The van der Waals surface area contributed by atoms with Crippen LogP contribution < -0.4 is 21.7 Å². The summed E-state index contributed by atoms with van der Waals surface area (Å²) in [7, 11) is 0. The molecule has 0 saturated carbocycles. The Balaban J connectivity index is 2.30. The number of rotatable bonds is 15. The molecule has 0 radical (unpaired) electrons. The van der Waals surface area contributed by atoms with Crippen molar-refractivity contribution in [1.82, 2.24) is 16.0 Å². The Morgan fingerprint density at radius 2 is 1.34 bits per heavy atom. The first-order valence-corrected chi connectivity index (χ1v) is 14.0. The van der Waals surface area contributed by atoms with Crippen molar-refractivity contribution < 1.29 is 29.4 Å². The average Bonchev–Trinajstić information content (AvgIpc) is 2.91. The number of benzene rings is 2. The number of hydrogen-bond donors (Lipinski definition) is 7. The number of carboxylic acid groups (broad SMARTS) is 1. The van der Waals surface area contributed by atoms with E-state index in [4.69, 9.17) is 5.73 Å². The van der Waals surface area contributed by atoms with Gasteiger partial charge in [0.05, 0.1) is 6.04 Å². The molecule has 12 heteroatoms. The zero-order valence-electron chi connectivity index (χ0n) is 21.0. The van der Waals surface area contributed by atoms with Gasteiger partial charge < -0.3 is 31.9 Å². The van der Waals surface area contributed by atoms with Crippen LogP contribution in [0.25, 0.3) is 0 Å². The van der Waals surface area contributed by atoms with Crippen molar-refractivity contribution in [3.05, 3.63) is 65.7 Å². The van der Waals surface area contributed by atoms with Gasteiger partial charge >= 0.3 is 5.97 Å². The summed E-state index contributed by atoms with van der Waals surface area (Å²) in [5, 5.41) is 27.0. The van der Waals surface area contributed by atoms with Crippen LogP contribution in [0.4, 0.5) is 0 Å². The molecule has 7 N–H and O–H groups in total. The van der Waals surface area contributed by atoms with Gasteiger partial charge in [0.2, 0.25) is 17.7 Å². The Hall–Kier alpha value is -3.22. The van der Waals surface area contributed by atoms with Crippen LogP contribution in [0.2, 0.25) is 0 Å². The number of carboxylic acids is 1. The van der Waals surface area contributed by atoms with Crippen molar-refractivity contribution in [3.63, 3.8) is 0 Å². The molecule has 0 aliphatic heterocycles. The first kappa shape index (κ1) is 31.0. The maximum absolute atomic E-state index is 13.4. The topological polar surface area (TPSA) is 171 Å². The number of phenolic OH excluding ortho intramolecular Hbond substituents is 1. The van der Waals surface area contributed by atoms with Crippen LogP contribution >= 0.6 is 24.4 Å². The van der Waals surface area contributed by atoms with E-state index in [1.165, 1.54) is 23.9 Å². The molecule has 0 fully saturated rings. The molecule has 38 heavy (non-hydrogen) atoms. The average molecular weight is 563 g/mol. The number of thiol groups is 1. The number of nitrogens with two attached hydrogens (primary N) is 1. The fraction of sp³-hybridized carbons (Fsp3) is 0.385. The second kappa shape index (κ2) is 15.9. The zero-order valence-corrected chi connectivity index (χ0v) is 22.7. The van der Waals surface area contributed by atoms with Gasteiger partial charge in [0.15, 0.2) is 0 Å². The normalized spacial score (nSPS) is 14.0. The molecular weight excluding hydrogens is 528 g/mol. The lowest BCUT2D eigenvalue weighted by Gasteiger charge is -2.25. The Kier molecular flexibility index (Phi) is 13.0. The van der Waals surface area contributed by atoms with Crippen molar-refractivity contribution in [2.24, 2.45) is 5.73 Å². The Morgan fingerprint density at radius 3 is 1.84 bits per heavy atom. The van der Waals surface area contributed by atoms with E-state index in [2.05, 4.69) is 28.6 Å². The summed E-state index contributed by atoms with van der Waals surface area (Å²) in [6, 6.07) is 10.8. The van der Waals surface area contributed by atoms with Gasteiger partial charge in [-0.1, -0.05) is 42.5 Å². The molecule has 0 saturated heterocycles. The van der Waals surface area contributed by atoms with Crippen LogP contribution in [-0.4, -0.2) is 75.8 Å². The van der Waals surface area contributed by atoms with E-state index in [0.29, 0.717) is 11.3 Å². The van der Waals surface area contributed by atoms with Gasteiger partial charge in [-0.25, -0.2) is 4.79 Å². The van der Waals surface area contributed by atoms with Crippen LogP contribution in [0, 0.1) is 0 Å². The van der Waals surface area contributed by atoms with Crippen molar-refractivity contribution in [1.29, 1.82) is 0 Å². The number of hydrogen-bond acceptors (Lipinski definition) is 8. The predicted octanol–water partition coefficient (Wildman–Crippen LogP) is 0.727. The molecule has 206 valence electrons. The molecule has 4 atom stereocenters. The number of nitrogens with one attached hydrogen (secondary N) is 3. The minimum atomic E-state index is -1.18. The number of phenols is 1. The molecule has 3 amide bonds. The standard InChI is InChI=1S/C26H34N4O6S2/c1-38-12-11-20(26(35)36)28-24(33)22(14-17-7-9-18(31)10-8-17)30-25(34)21(29-23(32)19(27)15-37)13-16-5-3-2-4-6-16/h2-10,19-22,31,37H,11-15,27H2,1H3,(H,28,33)(H,29,32)(H,30,34)(H,35,36). The molecule has 2 rings (SSSR count). The highest BCUT2D eigenvalue weighted by Crippen LogP contribution is 2.13. The summed E-state index contributed by atoms with van der Waals surface area (Å²) in [5.74, 6) is -2.45. The monoisotopic (exact) mass is 562 g/mol. The largest absolute Gasteiger partial charge is 0.508 e. The molecule has 0 aliphatic rings. The predicted molar refractivity (Wildman–Crippen MR) is 150 cm³/mol. The summed E-state index contributed by atoms with van der Waals surface area (Å²) >= 11 is 5.49. The van der Waals surface area contributed by atoms with Gasteiger partial charge in [0, 0.05) is 18.6 Å². The van der Waals surface area contributed by atoms with Crippen LogP contribution in [0.1, 0.15) is 17.5 Å². The van der Waals surface area contributed by atoms with E-state index in [1.54, 1.807) is 36.4 Å². The first-order valence-electron chi connectivity index (χ1n) is 12.0. The number of carbonyl (C=O) groups is 4. The molecule has 2 aromatic carbocycles. The maximum atomic E-state index is 13.4. The van der Waals surface area contributed by atoms with E-state index >= 15 is 0 Å². The summed E-state index contributed by atoms with van der Waals surface area (Å²) < 4.78 is 0. The summed E-state index contributed by atoms with van der Waals surface area (Å²) in [5.41, 5.74) is 7.18. The lowest BCUT2D eigenvalue weighted by atomic mass is 10.0. The van der Waals surface area contributed by atoms with Crippen molar-refractivity contribution >= 4 is 48.1 Å². The third kappa shape index (κ3) is 10.3. The molecule has 0 spiro atoms. The molecule has 0 heterocycles. The second-order valence-corrected chi connectivity index (χ2v) is 10.0. The minimum absolute atomic E-state index is 0.0227. The Labute approximate surface area is 231 Å². The van der Waals surface area contributed by atoms with Gasteiger partial charge in [0.1, 0.15) is 23.9 Å². The van der Waals surface area contributed by atoms with Crippen molar-refractivity contribution in [2.75, 3.05) is 17.8 Å². The lowest BCUT2D eigenvalue weighted by molar-refractivity contribution is -0.142. The smallest absolute Gasteiger partial charge is 0.326 e. The van der Waals surface area contributed by atoms with Crippen LogP contribution in [0.5, 0.6) is 5.75 Å². The van der Waals surface area contributed by atoms with Gasteiger partial charge in [0.25, 0.3) is 0 Å². The van der Waals surface area contributed by atoms with Crippen molar-refractivity contribution in [2.45, 2.75) is 43.4 Å². The third-order valence-corrected chi connectivity index (χ3v) is 6.72. The van der Waals surface area contributed by atoms with E-state index in [1.807, 2.05) is 12.3 Å². The van der Waals surface area contributed by atoms with Crippen molar-refractivity contribution in [3.8, 4) is 5.75 Å². The molecule has 10 nitrogen and oxygen atoms in total. The molecule has 0 aliphatic carbocycles. The van der Waals surface area contributed by atoms with E-state index < -0.39 is 47.9 Å². The maximum Gasteiger partial charge on any atom is 0.326 e.